The van der Waals surface area contributed by atoms with Crippen molar-refractivity contribution in [2.75, 3.05) is 17.9 Å². The summed E-state index contributed by atoms with van der Waals surface area (Å²) in [6, 6.07) is 21.8. The van der Waals surface area contributed by atoms with Gasteiger partial charge in [-0.1, -0.05) is 42.1 Å². The van der Waals surface area contributed by atoms with Gasteiger partial charge in [0.15, 0.2) is 11.5 Å². The van der Waals surface area contributed by atoms with Crippen LogP contribution in [-0.2, 0) is 10.0 Å². The molecule has 3 aromatic rings. The molecule has 0 saturated heterocycles. The molecule has 0 aliphatic carbocycles. The summed E-state index contributed by atoms with van der Waals surface area (Å²) in [6.45, 7) is 4.58. The van der Waals surface area contributed by atoms with Gasteiger partial charge in [0.1, 0.15) is 0 Å². The predicted molar refractivity (Wildman–Crippen MR) is 117 cm³/mol. The molecule has 0 aliphatic rings. The number of rotatable bonds is 9. The Morgan fingerprint density at radius 2 is 1.48 bits per heavy atom. The Hall–Kier alpha value is -2.64. The van der Waals surface area contributed by atoms with E-state index in [0.29, 0.717) is 30.4 Å². The summed E-state index contributed by atoms with van der Waals surface area (Å²) in [5, 5.41) is 0. The van der Waals surface area contributed by atoms with Gasteiger partial charge in [0, 0.05) is 15.9 Å². The molecule has 0 atom stereocenters. The van der Waals surface area contributed by atoms with Crippen LogP contribution in [0.15, 0.2) is 87.5 Å². The Morgan fingerprint density at radius 1 is 0.828 bits per heavy atom. The highest BCUT2D eigenvalue weighted by Gasteiger charge is 2.19. The molecule has 0 aliphatic heterocycles. The molecule has 0 aromatic heterocycles. The van der Waals surface area contributed by atoms with Gasteiger partial charge in [0.05, 0.1) is 23.8 Å². The van der Waals surface area contributed by atoms with E-state index in [-0.39, 0.29) is 4.90 Å². The molecule has 0 saturated carbocycles. The lowest BCUT2D eigenvalue weighted by molar-refractivity contribution is 0.287. The average molecular weight is 430 g/mol. The number of hydrogen-bond donors (Lipinski definition) is 1. The van der Waals surface area contributed by atoms with Gasteiger partial charge in [0.25, 0.3) is 10.0 Å². The summed E-state index contributed by atoms with van der Waals surface area (Å²) in [6.07, 6.45) is 0. The van der Waals surface area contributed by atoms with E-state index in [0.717, 1.165) is 9.79 Å². The van der Waals surface area contributed by atoms with Gasteiger partial charge in [-0.3, -0.25) is 4.72 Å². The Balaban J connectivity index is 1.89. The van der Waals surface area contributed by atoms with E-state index >= 15 is 0 Å². The molecule has 29 heavy (non-hydrogen) atoms. The third-order valence-electron chi connectivity index (χ3n) is 3.93. The maximum Gasteiger partial charge on any atom is 0.262 e. The molecule has 1 N–H and O–H groups in total. The Labute approximate surface area is 176 Å². The number of sulfonamides is 1. The largest absolute Gasteiger partial charge is 0.490 e. The van der Waals surface area contributed by atoms with Crippen LogP contribution in [0.4, 0.5) is 5.69 Å². The number of anilines is 1. The molecule has 0 amide bonds. The van der Waals surface area contributed by atoms with E-state index in [9.17, 15) is 8.42 Å². The van der Waals surface area contributed by atoms with Crippen LogP contribution in [0, 0.1) is 0 Å². The SMILES string of the molecule is CCOc1ccc(S(=O)(=O)Nc2ccccc2Sc2ccccc2)cc1OCC. The highest BCUT2D eigenvalue weighted by Crippen LogP contribution is 2.35. The van der Waals surface area contributed by atoms with Crippen molar-refractivity contribution in [2.45, 2.75) is 28.5 Å². The Morgan fingerprint density at radius 3 is 2.21 bits per heavy atom. The second kappa shape index (κ2) is 9.71. The fraction of sp³-hybridized carbons (Fsp3) is 0.182. The molecule has 0 bridgehead atoms. The van der Waals surface area contributed by atoms with Crippen LogP contribution in [0.2, 0.25) is 0 Å². The van der Waals surface area contributed by atoms with Gasteiger partial charge in [-0.2, -0.15) is 0 Å². The van der Waals surface area contributed by atoms with Crippen LogP contribution in [0.5, 0.6) is 11.5 Å². The smallest absolute Gasteiger partial charge is 0.262 e. The van der Waals surface area contributed by atoms with Gasteiger partial charge >= 0.3 is 0 Å². The monoisotopic (exact) mass is 429 g/mol. The molecule has 0 unspecified atom stereocenters. The van der Waals surface area contributed by atoms with Gasteiger partial charge < -0.3 is 9.47 Å². The lowest BCUT2D eigenvalue weighted by atomic mass is 10.3. The molecule has 7 heteroatoms. The van der Waals surface area contributed by atoms with Crippen molar-refractivity contribution < 1.29 is 17.9 Å². The van der Waals surface area contributed by atoms with Gasteiger partial charge in [-0.15, -0.1) is 0 Å². The first-order valence-electron chi connectivity index (χ1n) is 9.28. The number of nitrogens with one attached hydrogen (secondary N) is 1. The molecule has 0 spiro atoms. The second-order valence-corrected chi connectivity index (χ2v) is 8.79. The summed E-state index contributed by atoms with van der Waals surface area (Å²) >= 11 is 1.50. The molecular formula is C22H23NO4S2. The lowest BCUT2D eigenvalue weighted by Crippen LogP contribution is -2.14. The Bertz CT molecular complexity index is 1050. The van der Waals surface area contributed by atoms with Crippen LogP contribution >= 0.6 is 11.8 Å². The minimum atomic E-state index is -3.80. The number of ether oxygens (including phenoxy) is 2. The van der Waals surface area contributed by atoms with E-state index in [4.69, 9.17) is 9.47 Å². The minimum absolute atomic E-state index is 0.115. The van der Waals surface area contributed by atoms with Gasteiger partial charge in [-0.25, -0.2) is 8.42 Å². The molecule has 152 valence electrons. The zero-order valence-corrected chi connectivity index (χ0v) is 17.9. The number of para-hydroxylation sites is 1. The summed E-state index contributed by atoms with van der Waals surface area (Å²) in [7, 11) is -3.80. The first-order chi connectivity index (χ1) is 14.0. The van der Waals surface area contributed by atoms with Crippen molar-refractivity contribution >= 4 is 27.5 Å². The maximum absolute atomic E-state index is 13.0. The van der Waals surface area contributed by atoms with Crippen LogP contribution < -0.4 is 14.2 Å². The van der Waals surface area contributed by atoms with Gasteiger partial charge in [-0.05, 0) is 50.2 Å². The molecule has 5 nitrogen and oxygen atoms in total. The minimum Gasteiger partial charge on any atom is -0.490 e. The van der Waals surface area contributed by atoms with Crippen molar-refractivity contribution in [2.24, 2.45) is 0 Å². The standard InChI is InChI=1S/C22H23NO4S2/c1-3-26-20-15-14-18(16-21(20)27-4-2)29(24,25)23-19-12-8-9-13-22(19)28-17-10-6-5-7-11-17/h5-16,23H,3-4H2,1-2H3. The molecule has 3 rings (SSSR count). The second-order valence-electron chi connectivity index (χ2n) is 5.99. The summed E-state index contributed by atoms with van der Waals surface area (Å²) in [4.78, 5) is 1.96. The van der Waals surface area contributed by atoms with Crippen molar-refractivity contribution in [1.82, 2.24) is 0 Å². The summed E-state index contributed by atoms with van der Waals surface area (Å²) in [5.74, 6) is 0.928. The number of benzene rings is 3. The quantitative estimate of drug-likeness (QED) is 0.491. The summed E-state index contributed by atoms with van der Waals surface area (Å²) < 4.78 is 39.8. The average Bonchev–Trinajstić information content (AvgIpc) is 2.72. The number of hydrogen-bond acceptors (Lipinski definition) is 5. The molecule has 3 aromatic carbocycles. The van der Waals surface area contributed by atoms with E-state index in [1.165, 1.54) is 23.9 Å². The third kappa shape index (κ3) is 5.46. The summed E-state index contributed by atoms with van der Waals surface area (Å²) in [5.41, 5.74) is 0.521. The van der Waals surface area contributed by atoms with Crippen molar-refractivity contribution in [1.29, 1.82) is 0 Å². The van der Waals surface area contributed by atoms with Gasteiger partial charge in [0.2, 0.25) is 0 Å². The highest BCUT2D eigenvalue weighted by atomic mass is 32.2. The first kappa shape index (κ1) is 21.1. The van der Waals surface area contributed by atoms with Crippen LogP contribution in [0.25, 0.3) is 0 Å². The molecule has 0 heterocycles. The van der Waals surface area contributed by atoms with E-state index in [1.807, 2.05) is 56.3 Å². The Kier molecular flexibility index (Phi) is 7.06. The predicted octanol–water partition coefficient (Wildman–Crippen LogP) is 5.44. The van der Waals surface area contributed by atoms with Crippen molar-refractivity contribution in [3.63, 3.8) is 0 Å². The van der Waals surface area contributed by atoms with Crippen LogP contribution in [0.3, 0.4) is 0 Å². The van der Waals surface area contributed by atoms with E-state index in [1.54, 1.807) is 18.2 Å². The highest BCUT2D eigenvalue weighted by molar-refractivity contribution is 7.99. The van der Waals surface area contributed by atoms with Crippen LogP contribution in [-0.4, -0.2) is 21.6 Å². The van der Waals surface area contributed by atoms with Crippen molar-refractivity contribution in [3.05, 3.63) is 72.8 Å². The molecule has 0 fully saturated rings. The topological polar surface area (TPSA) is 64.6 Å². The maximum atomic E-state index is 13.0. The fourth-order valence-corrected chi connectivity index (χ4v) is 4.74. The third-order valence-corrected chi connectivity index (χ3v) is 6.37. The molecule has 0 radical (unpaired) electrons. The molecular weight excluding hydrogens is 406 g/mol. The normalized spacial score (nSPS) is 11.1. The van der Waals surface area contributed by atoms with E-state index in [2.05, 4.69) is 4.72 Å². The fourth-order valence-electron chi connectivity index (χ4n) is 2.66. The zero-order valence-electron chi connectivity index (χ0n) is 16.3. The van der Waals surface area contributed by atoms with Crippen molar-refractivity contribution in [3.8, 4) is 11.5 Å². The first-order valence-corrected chi connectivity index (χ1v) is 11.6. The lowest BCUT2D eigenvalue weighted by Gasteiger charge is -2.15. The zero-order chi connectivity index (χ0) is 20.7. The van der Waals surface area contributed by atoms with Crippen LogP contribution in [0.1, 0.15) is 13.8 Å². The van der Waals surface area contributed by atoms with E-state index < -0.39 is 10.0 Å².